The Labute approximate surface area is 163 Å². The van der Waals surface area contributed by atoms with E-state index >= 15 is 0 Å². The van der Waals surface area contributed by atoms with Crippen molar-refractivity contribution in [2.24, 2.45) is 0 Å². The largest absolute Gasteiger partial charge is 0.298 e. The van der Waals surface area contributed by atoms with E-state index in [1.54, 1.807) is 16.4 Å². The highest BCUT2D eigenvalue weighted by Crippen LogP contribution is 2.40. The first kappa shape index (κ1) is 18.6. The van der Waals surface area contributed by atoms with E-state index in [9.17, 15) is 13.2 Å². The van der Waals surface area contributed by atoms with Crippen LogP contribution in [0.25, 0.3) is 0 Å². The molecular weight excluding hydrogens is 382 g/mol. The molecule has 27 heavy (non-hydrogen) atoms. The van der Waals surface area contributed by atoms with Gasteiger partial charge in [0.15, 0.2) is 5.13 Å². The standard InChI is InChI=1S/C19H23N3O3S2/c1-13-4-2-3-11-22(13)27(24,25)16-9-7-15(8-10-16)18(23)21-19-20-17(12-26-19)14-5-6-14/h7-10,12-14H,2-6,11H2,1H3,(H,20,21,23). The minimum atomic E-state index is -3.52. The quantitative estimate of drug-likeness (QED) is 0.820. The van der Waals surface area contributed by atoms with Crippen molar-refractivity contribution in [2.45, 2.75) is 55.9 Å². The molecule has 2 heterocycles. The summed E-state index contributed by atoms with van der Waals surface area (Å²) in [5, 5.41) is 5.37. The van der Waals surface area contributed by atoms with Crippen LogP contribution in [0.2, 0.25) is 0 Å². The number of carbonyl (C=O) groups is 1. The van der Waals surface area contributed by atoms with Crippen LogP contribution in [0, 0.1) is 0 Å². The number of anilines is 1. The van der Waals surface area contributed by atoms with E-state index in [0.29, 0.717) is 23.2 Å². The molecule has 1 atom stereocenters. The molecule has 0 spiro atoms. The van der Waals surface area contributed by atoms with Crippen LogP contribution in [0.5, 0.6) is 0 Å². The maximum Gasteiger partial charge on any atom is 0.257 e. The van der Waals surface area contributed by atoms with E-state index in [1.807, 2.05) is 12.3 Å². The van der Waals surface area contributed by atoms with Crippen LogP contribution >= 0.6 is 11.3 Å². The van der Waals surface area contributed by atoms with Crippen LogP contribution in [-0.2, 0) is 10.0 Å². The third kappa shape index (κ3) is 3.93. The lowest BCUT2D eigenvalue weighted by Crippen LogP contribution is -2.41. The number of hydrogen-bond donors (Lipinski definition) is 1. The Balaban J connectivity index is 1.46. The Kier molecular flexibility index (Phi) is 5.05. The Morgan fingerprint density at radius 1 is 1.19 bits per heavy atom. The summed E-state index contributed by atoms with van der Waals surface area (Å²) in [5.41, 5.74) is 1.47. The molecule has 1 amide bonds. The second kappa shape index (κ2) is 7.33. The summed E-state index contributed by atoms with van der Waals surface area (Å²) in [6, 6.07) is 6.17. The summed E-state index contributed by atoms with van der Waals surface area (Å²) >= 11 is 1.42. The minimum Gasteiger partial charge on any atom is -0.298 e. The molecule has 6 nitrogen and oxygen atoms in total. The molecule has 1 aliphatic heterocycles. The Morgan fingerprint density at radius 2 is 1.93 bits per heavy atom. The molecule has 0 bridgehead atoms. The van der Waals surface area contributed by atoms with Gasteiger partial charge in [0.1, 0.15) is 0 Å². The summed E-state index contributed by atoms with van der Waals surface area (Å²) in [5.74, 6) is 0.274. The maximum absolute atomic E-state index is 12.9. The number of nitrogens with one attached hydrogen (secondary N) is 1. The monoisotopic (exact) mass is 405 g/mol. The summed E-state index contributed by atoms with van der Waals surface area (Å²) in [6.07, 6.45) is 5.17. The number of thiazole rings is 1. The van der Waals surface area contributed by atoms with Crippen molar-refractivity contribution in [3.8, 4) is 0 Å². The van der Waals surface area contributed by atoms with Crippen LogP contribution in [-0.4, -0.2) is 36.2 Å². The molecule has 144 valence electrons. The van der Waals surface area contributed by atoms with Gasteiger partial charge in [-0.2, -0.15) is 4.31 Å². The van der Waals surface area contributed by atoms with Gasteiger partial charge in [0.2, 0.25) is 10.0 Å². The molecular formula is C19H23N3O3S2. The molecule has 8 heteroatoms. The van der Waals surface area contributed by atoms with Crippen molar-refractivity contribution in [3.63, 3.8) is 0 Å². The van der Waals surface area contributed by atoms with Crippen LogP contribution in [0.1, 0.15) is 61.0 Å². The molecule has 1 aromatic carbocycles. The third-order valence-corrected chi connectivity index (χ3v) is 8.01. The number of aromatic nitrogens is 1. The lowest BCUT2D eigenvalue weighted by molar-refractivity contribution is 0.102. The second-order valence-corrected chi connectivity index (χ2v) is 10.0. The van der Waals surface area contributed by atoms with Gasteiger partial charge in [-0.05, 0) is 56.9 Å². The first-order valence-corrected chi connectivity index (χ1v) is 11.7. The normalized spacial score (nSPS) is 21.1. The lowest BCUT2D eigenvalue weighted by Gasteiger charge is -2.32. The lowest BCUT2D eigenvalue weighted by atomic mass is 10.1. The fourth-order valence-electron chi connectivity index (χ4n) is 3.42. The zero-order valence-electron chi connectivity index (χ0n) is 15.2. The molecule has 1 N–H and O–H groups in total. The first-order valence-electron chi connectivity index (χ1n) is 9.34. The van der Waals surface area contributed by atoms with E-state index in [-0.39, 0.29) is 16.8 Å². The highest BCUT2D eigenvalue weighted by molar-refractivity contribution is 7.89. The third-order valence-electron chi connectivity index (χ3n) is 5.20. The smallest absolute Gasteiger partial charge is 0.257 e. The minimum absolute atomic E-state index is 0.0114. The van der Waals surface area contributed by atoms with Gasteiger partial charge in [-0.25, -0.2) is 13.4 Å². The Morgan fingerprint density at radius 3 is 2.59 bits per heavy atom. The van der Waals surface area contributed by atoms with Gasteiger partial charge in [0.05, 0.1) is 10.6 Å². The van der Waals surface area contributed by atoms with Gasteiger partial charge in [0.25, 0.3) is 5.91 Å². The number of hydrogen-bond acceptors (Lipinski definition) is 5. The molecule has 2 fully saturated rings. The van der Waals surface area contributed by atoms with Gasteiger partial charge >= 0.3 is 0 Å². The second-order valence-electron chi connectivity index (χ2n) is 7.29. The molecule has 1 aliphatic carbocycles. The molecule has 1 saturated carbocycles. The van der Waals surface area contributed by atoms with Crippen molar-refractivity contribution < 1.29 is 13.2 Å². The van der Waals surface area contributed by atoms with Crippen molar-refractivity contribution in [3.05, 3.63) is 40.9 Å². The van der Waals surface area contributed by atoms with E-state index in [1.165, 1.54) is 36.3 Å². The van der Waals surface area contributed by atoms with E-state index in [4.69, 9.17) is 0 Å². The topological polar surface area (TPSA) is 79.4 Å². The number of nitrogens with zero attached hydrogens (tertiary/aromatic N) is 2. The molecule has 1 saturated heterocycles. The molecule has 4 rings (SSSR count). The summed E-state index contributed by atoms with van der Waals surface area (Å²) in [4.78, 5) is 17.1. The molecule has 2 aliphatic rings. The first-order chi connectivity index (χ1) is 12.9. The molecule has 0 radical (unpaired) electrons. The zero-order chi connectivity index (χ0) is 19.0. The van der Waals surface area contributed by atoms with Crippen molar-refractivity contribution in [1.29, 1.82) is 0 Å². The van der Waals surface area contributed by atoms with Gasteiger partial charge in [-0.3, -0.25) is 10.1 Å². The van der Waals surface area contributed by atoms with Crippen molar-refractivity contribution in [2.75, 3.05) is 11.9 Å². The predicted molar refractivity (Wildman–Crippen MR) is 106 cm³/mol. The van der Waals surface area contributed by atoms with E-state index < -0.39 is 10.0 Å². The number of benzene rings is 1. The summed E-state index contributed by atoms with van der Waals surface area (Å²) < 4.78 is 27.3. The number of carbonyl (C=O) groups excluding carboxylic acids is 1. The average molecular weight is 406 g/mol. The van der Waals surface area contributed by atoms with Gasteiger partial charge < -0.3 is 0 Å². The van der Waals surface area contributed by atoms with Crippen LogP contribution in [0.15, 0.2) is 34.5 Å². The summed E-state index contributed by atoms with van der Waals surface area (Å²) in [7, 11) is -3.52. The predicted octanol–water partition coefficient (Wildman–Crippen LogP) is 3.84. The van der Waals surface area contributed by atoms with Crippen LogP contribution in [0.4, 0.5) is 5.13 Å². The molecule has 2 aromatic rings. The van der Waals surface area contributed by atoms with Crippen molar-refractivity contribution >= 4 is 32.4 Å². The number of piperidine rings is 1. The highest BCUT2D eigenvalue weighted by Gasteiger charge is 2.31. The fourth-order valence-corrected chi connectivity index (χ4v) is 5.91. The van der Waals surface area contributed by atoms with Crippen LogP contribution < -0.4 is 5.32 Å². The zero-order valence-corrected chi connectivity index (χ0v) is 16.9. The van der Waals surface area contributed by atoms with E-state index in [2.05, 4.69) is 10.3 Å². The maximum atomic E-state index is 12.9. The number of sulfonamides is 1. The average Bonchev–Trinajstić information content (AvgIpc) is 3.41. The van der Waals surface area contributed by atoms with Crippen molar-refractivity contribution in [1.82, 2.24) is 9.29 Å². The number of rotatable bonds is 5. The van der Waals surface area contributed by atoms with Gasteiger partial charge in [-0.1, -0.05) is 6.42 Å². The Hall–Kier alpha value is -1.77. The number of amides is 1. The SMILES string of the molecule is CC1CCCCN1S(=O)(=O)c1ccc(C(=O)Nc2nc(C3CC3)cs2)cc1. The molecule has 1 unspecified atom stereocenters. The highest BCUT2D eigenvalue weighted by atomic mass is 32.2. The Bertz CT molecular complexity index is 933. The fraction of sp³-hybridized carbons (Fsp3) is 0.474. The van der Waals surface area contributed by atoms with Crippen LogP contribution in [0.3, 0.4) is 0 Å². The van der Waals surface area contributed by atoms with E-state index in [0.717, 1.165) is 25.0 Å². The van der Waals surface area contributed by atoms with Gasteiger partial charge in [-0.15, -0.1) is 11.3 Å². The van der Waals surface area contributed by atoms with Gasteiger partial charge in [0, 0.05) is 29.4 Å². The summed E-state index contributed by atoms with van der Waals surface area (Å²) in [6.45, 7) is 2.50. The molecule has 1 aromatic heterocycles.